The van der Waals surface area contributed by atoms with Gasteiger partial charge in [0.15, 0.2) is 4.34 Å². The molecule has 0 amide bonds. The summed E-state index contributed by atoms with van der Waals surface area (Å²) in [5.41, 5.74) is 7.22. The van der Waals surface area contributed by atoms with Crippen LogP contribution >= 0.6 is 23.1 Å². The maximum atomic E-state index is 10.9. The van der Waals surface area contributed by atoms with Gasteiger partial charge < -0.3 is 10.5 Å². The topological polar surface area (TPSA) is 78.1 Å². The van der Waals surface area contributed by atoms with E-state index in [2.05, 4.69) is 14.9 Å². The molecule has 0 spiro atoms. The van der Waals surface area contributed by atoms with Crippen LogP contribution in [-0.4, -0.2) is 35.1 Å². The Morgan fingerprint density at radius 1 is 1.86 bits per heavy atom. The van der Waals surface area contributed by atoms with E-state index in [4.69, 9.17) is 5.73 Å². The molecular formula is C7H11N3O2S2. The third-order valence-electron chi connectivity index (χ3n) is 1.50. The Balaban J connectivity index is 2.18. The van der Waals surface area contributed by atoms with Crippen LogP contribution in [0, 0.1) is 0 Å². The van der Waals surface area contributed by atoms with Gasteiger partial charge in [-0.2, -0.15) is 0 Å². The second kappa shape index (κ2) is 5.94. The Hall–Kier alpha value is -0.660. The highest BCUT2D eigenvalue weighted by molar-refractivity contribution is 8.00. The predicted molar refractivity (Wildman–Crippen MR) is 55.2 cm³/mol. The number of hydrogen-bond donors (Lipinski definition) is 1. The fourth-order valence-electron chi connectivity index (χ4n) is 0.768. The number of carbonyl (C=O) groups is 1. The first-order valence-corrected chi connectivity index (χ1v) is 5.83. The summed E-state index contributed by atoms with van der Waals surface area (Å²) >= 11 is 3.01. The van der Waals surface area contributed by atoms with Gasteiger partial charge in [0.1, 0.15) is 11.6 Å². The van der Waals surface area contributed by atoms with Crippen molar-refractivity contribution in [2.45, 2.75) is 16.8 Å². The lowest BCUT2D eigenvalue weighted by Crippen LogP contribution is -2.31. The molecule has 14 heavy (non-hydrogen) atoms. The summed E-state index contributed by atoms with van der Waals surface area (Å²) in [5, 5.41) is 7.55. The van der Waals surface area contributed by atoms with Gasteiger partial charge in [-0.1, -0.05) is 23.1 Å². The second-order valence-electron chi connectivity index (χ2n) is 2.47. The molecule has 0 saturated carbocycles. The zero-order chi connectivity index (χ0) is 10.4. The lowest BCUT2D eigenvalue weighted by molar-refractivity contribution is -0.142. The largest absolute Gasteiger partial charge is 0.468 e. The molecule has 0 saturated heterocycles. The van der Waals surface area contributed by atoms with Gasteiger partial charge in [0.05, 0.1) is 7.11 Å². The lowest BCUT2D eigenvalue weighted by atomic mass is 10.2. The van der Waals surface area contributed by atoms with Gasteiger partial charge in [-0.15, -0.1) is 10.2 Å². The van der Waals surface area contributed by atoms with Crippen molar-refractivity contribution < 1.29 is 9.53 Å². The molecule has 1 atom stereocenters. The molecule has 2 N–H and O–H groups in total. The first-order chi connectivity index (χ1) is 6.74. The number of rotatable bonds is 5. The Kier molecular flexibility index (Phi) is 4.85. The van der Waals surface area contributed by atoms with Crippen molar-refractivity contribution in [3.63, 3.8) is 0 Å². The summed E-state index contributed by atoms with van der Waals surface area (Å²) in [7, 11) is 1.33. The first kappa shape index (κ1) is 11.4. The normalized spacial score (nSPS) is 12.4. The number of thioether (sulfide) groups is 1. The SMILES string of the molecule is COC(=O)C(N)CCSc1nncs1. The van der Waals surface area contributed by atoms with Gasteiger partial charge in [-0.05, 0) is 6.42 Å². The smallest absolute Gasteiger partial charge is 0.322 e. The maximum absolute atomic E-state index is 10.9. The van der Waals surface area contributed by atoms with Crippen molar-refractivity contribution in [3.05, 3.63) is 5.51 Å². The Morgan fingerprint density at radius 2 is 2.64 bits per heavy atom. The van der Waals surface area contributed by atoms with Gasteiger partial charge in [0.25, 0.3) is 0 Å². The fraction of sp³-hybridized carbons (Fsp3) is 0.571. The van der Waals surface area contributed by atoms with E-state index in [9.17, 15) is 4.79 Å². The van der Waals surface area contributed by atoms with E-state index < -0.39 is 6.04 Å². The Labute approximate surface area is 90.0 Å². The minimum Gasteiger partial charge on any atom is -0.468 e. The summed E-state index contributed by atoms with van der Waals surface area (Å²) < 4.78 is 5.39. The van der Waals surface area contributed by atoms with Crippen LogP contribution in [0.3, 0.4) is 0 Å². The average Bonchev–Trinajstić information content (AvgIpc) is 2.69. The molecule has 0 bridgehead atoms. The van der Waals surface area contributed by atoms with E-state index in [0.717, 1.165) is 10.1 Å². The highest BCUT2D eigenvalue weighted by Gasteiger charge is 2.13. The van der Waals surface area contributed by atoms with E-state index in [0.29, 0.717) is 6.42 Å². The molecule has 0 aromatic carbocycles. The zero-order valence-corrected chi connectivity index (χ0v) is 9.31. The molecule has 1 aromatic rings. The number of esters is 1. The van der Waals surface area contributed by atoms with Crippen LogP contribution in [0.4, 0.5) is 0 Å². The molecule has 1 heterocycles. The predicted octanol–water partition coefficient (Wildman–Crippen LogP) is 0.521. The van der Waals surface area contributed by atoms with Gasteiger partial charge in [-0.3, -0.25) is 4.79 Å². The van der Waals surface area contributed by atoms with E-state index in [1.165, 1.54) is 18.4 Å². The van der Waals surface area contributed by atoms with E-state index in [-0.39, 0.29) is 5.97 Å². The van der Waals surface area contributed by atoms with Crippen LogP contribution in [0.5, 0.6) is 0 Å². The number of nitrogens with two attached hydrogens (primary N) is 1. The molecule has 1 aromatic heterocycles. The third-order valence-corrected chi connectivity index (χ3v) is 3.39. The fourth-order valence-corrected chi connectivity index (χ4v) is 2.35. The number of carbonyl (C=O) groups excluding carboxylic acids is 1. The summed E-state index contributed by atoms with van der Waals surface area (Å²) in [6.45, 7) is 0. The molecular weight excluding hydrogens is 222 g/mol. The molecule has 5 nitrogen and oxygen atoms in total. The monoisotopic (exact) mass is 233 g/mol. The van der Waals surface area contributed by atoms with Crippen LogP contribution in [-0.2, 0) is 9.53 Å². The molecule has 1 unspecified atom stereocenters. The highest BCUT2D eigenvalue weighted by Crippen LogP contribution is 2.19. The average molecular weight is 233 g/mol. The van der Waals surface area contributed by atoms with Gasteiger partial charge in [-0.25, -0.2) is 0 Å². The molecule has 78 valence electrons. The summed E-state index contributed by atoms with van der Waals surface area (Å²) in [6, 6.07) is -0.541. The first-order valence-electron chi connectivity index (χ1n) is 3.96. The van der Waals surface area contributed by atoms with Crippen LogP contribution in [0.15, 0.2) is 9.85 Å². The summed E-state index contributed by atoms with van der Waals surface area (Å²) in [6.07, 6.45) is 0.580. The van der Waals surface area contributed by atoms with E-state index >= 15 is 0 Å². The van der Waals surface area contributed by atoms with Crippen LogP contribution in [0.2, 0.25) is 0 Å². The molecule has 0 aliphatic carbocycles. The second-order valence-corrected chi connectivity index (χ2v) is 4.65. The van der Waals surface area contributed by atoms with Crippen molar-refractivity contribution in [1.82, 2.24) is 10.2 Å². The molecule has 0 radical (unpaired) electrons. The standard InChI is InChI=1S/C7H11N3O2S2/c1-12-6(11)5(8)2-3-13-7-10-9-4-14-7/h4-5H,2-3,8H2,1H3. The number of hydrogen-bond acceptors (Lipinski definition) is 7. The summed E-state index contributed by atoms with van der Waals surface area (Å²) in [4.78, 5) is 10.9. The van der Waals surface area contributed by atoms with Crippen molar-refractivity contribution >= 4 is 29.1 Å². The highest BCUT2D eigenvalue weighted by atomic mass is 32.2. The van der Waals surface area contributed by atoms with Crippen molar-refractivity contribution in [2.75, 3.05) is 12.9 Å². The van der Waals surface area contributed by atoms with Crippen molar-refractivity contribution in [1.29, 1.82) is 0 Å². The molecule has 0 aliphatic heterocycles. The molecule has 1 rings (SSSR count). The lowest BCUT2D eigenvalue weighted by Gasteiger charge is -2.06. The van der Waals surface area contributed by atoms with E-state index in [1.54, 1.807) is 17.3 Å². The minimum absolute atomic E-state index is 0.372. The van der Waals surface area contributed by atoms with Crippen LogP contribution in [0.1, 0.15) is 6.42 Å². The number of nitrogens with zero attached hydrogens (tertiary/aromatic N) is 2. The maximum Gasteiger partial charge on any atom is 0.322 e. The van der Waals surface area contributed by atoms with Gasteiger partial charge >= 0.3 is 5.97 Å². The quantitative estimate of drug-likeness (QED) is 0.590. The van der Waals surface area contributed by atoms with Gasteiger partial charge in [0, 0.05) is 5.75 Å². The number of methoxy groups -OCH3 is 1. The van der Waals surface area contributed by atoms with Crippen LogP contribution < -0.4 is 5.73 Å². The molecule has 0 fully saturated rings. The van der Waals surface area contributed by atoms with E-state index in [1.807, 2.05) is 0 Å². The Bertz CT molecular complexity index is 278. The zero-order valence-electron chi connectivity index (χ0n) is 7.67. The third kappa shape index (κ3) is 3.60. The molecule has 0 aliphatic rings. The van der Waals surface area contributed by atoms with Crippen molar-refractivity contribution in [3.8, 4) is 0 Å². The molecule has 7 heteroatoms. The van der Waals surface area contributed by atoms with Crippen LogP contribution in [0.25, 0.3) is 0 Å². The summed E-state index contributed by atoms with van der Waals surface area (Å²) in [5.74, 6) is 0.369. The number of ether oxygens (including phenoxy) is 1. The number of aromatic nitrogens is 2. The van der Waals surface area contributed by atoms with Crippen molar-refractivity contribution in [2.24, 2.45) is 5.73 Å². The Morgan fingerprint density at radius 3 is 3.21 bits per heavy atom. The van der Waals surface area contributed by atoms with Gasteiger partial charge in [0.2, 0.25) is 0 Å². The minimum atomic E-state index is -0.541.